The first-order valence-corrected chi connectivity index (χ1v) is 8.64. The van der Waals surface area contributed by atoms with Gasteiger partial charge >= 0.3 is 0 Å². The minimum Gasteiger partial charge on any atom is -0.359 e. The average Bonchev–Trinajstić information content (AvgIpc) is 2.46. The highest BCUT2D eigenvalue weighted by atomic mass is 79.9. The number of hydrogen-bond acceptors (Lipinski definition) is 3. The summed E-state index contributed by atoms with van der Waals surface area (Å²) in [5.74, 6) is 0. The highest BCUT2D eigenvalue weighted by Gasteiger charge is 2.45. The molecule has 0 amide bonds. The predicted octanol–water partition coefficient (Wildman–Crippen LogP) is 3.89. The van der Waals surface area contributed by atoms with E-state index in [4.69, 9.17) is 0 Å². The van der Waals surface area contributed by atoms with Gasteiger partial charge in [-0.1, -0.05) is 51.1 Å². The Hall–Kier alpha value is -0.780. The van der Waals surface area contributed by atoms with Crippen LogP contribution in [0.2, 0.25) is 0 Å². The molecular formula is C14H15Br2N3. The van der Waals surface area contributed by atoms with Crippen LogP contribution in [-0.2, 0) is 0 Å². The third-order valence-electron chi connectivity index (χ3n) is 4.06. The second kappa shape index (κ2) is 6.11. The SMILES string of the molecule is N#CC1=C(CBr)NC(CBr)=C(C#N)C12CCCCC2. The molecule has 1 fully saturated rings. The van der Waals surface area contributed by atoms with E-state index in [1.54, 1.807) is 0 Å². The van der Waals surface area contributed by atoms with Gasteiger partial charge in [-0.25, -0.2) is 0 Å². The Kier molecular flexibility index (Phi) is 4.71. The van der Waals surface area contributed by atoms with Crippen LogP contribution in [0.5, 0.6) is 0 Å². The molecule has 1 N–H and O–H groups in total. The molecule has 0 bridgehead atoms. The first-order valence-electron chi connectivity index (χ1n) is 6.40. The molecule has 0 unspecified atom stereocenters. The van der Waals surface area contributed by atoms with Crippen molar-refractivity contribution in [2.75, 3.05) is 10.7 Å². The first kappa shape index (κ1) is 14.6. The molecule has 1 aliphatic heterocycles. The summed E-state index contributed by atoms with van der Waals surface area (Å²) >= 11 is 6.90. The van der Waals surface area contributed by atoms with Gasteiger partial charge in [0, 0.05) is 27.5 Å². The molecule has 3 nitrogen and oxygen atoms in total. The minimum absolute atomic E-state index is 0.348. The van der Waals surface area contributed by atoms with E-state index in [0.29, 0.717) is 10.7 Å². The number of rotatable bonds is 2. The molecule has 0 aromatic rings. The standard InChI is InChI=1S/C14H15Br2N3/c15-6-12-10(8-17)14(4-2-1-3-5-14)11(9-18)13(7-16)19-12/h19H,1-7H2. The fraction of sp³-hybridized carbons (Fsp3) is 0.571. The molecule has 5 heteroatoms. The summed E-state index contributed by atoms with van der Waals surface area (Å²) in [5, 5.41) is 23.6. The number of nitriles is 2. The lowest BCUT2D eigenvalue weighted by molar-refractivity contribution is 0.293. The molecule has 0 saturated heterocycles. The second-order valence-corrected chi connectivity index (χ2v) is 6.09. The number of dihydropyridines is 1. The lowest BCUT2D eigenvalue weighted by Gasteiger charge is -2.41. The van der Waals surface area contributed by atoms with Crippen LogP contribution in [0.1, 0.15) is 32.1 Å². The van der Waals surface area contributed by atoms with Crippen LogP contribution in [0, 0.1) is 28.1 Å². The van der Waals surface area contributed by atoms with Crippen molar-refractivity contribution < 1.29 is 0 Å². The van der Waals surface area contributed by atoms with Crippen molar-refractivity contribution in [2.24, 2.45) is 5.41 Å². The molecular weight excluding hydrogens is 370 g/mol. The molecule has 2 rings (SSSR count). The zero-order valence-electron chi connectivity index (χ0n) is 10.6. The van der Waals surface area contributed by atoms with Crippen LogP contribution >= 0.6 is 31.9 Å². The molecule has 1 aliphatic carbocycles. The summed E-state index contributed by atoms with van der Waals surface area (Å²) in [4.78, 5) is 0. The lowest BCUT2D eigenvalue weighted by atomic mass is 9.63. The van der Waals surface area contributed by atoms with Crippen LogP contribution in [-0.4, -0.2) is 10.7 Å². The van der Waals surface area contributed by atoms with Gasteiger partial charge in [0.05, 0.1) is 23.3 Å². The van der Waals surface area contributed by atoms with Gasteiger partial charge in [0.15, 0.2) is 0 Å². The summed E-state index contributed by atoms with van der Waals surface area (Å²) < 4.78 is 0. The zero-order chi connectivity index (χ0) is 13.9. The Morgan fingerprint density at radius 1 is 0.947 bits per heavy atom. The number of alkyl halides is 2. The fourth-order valence-corrected chi connectivity index (χ4v) is 4.06. The molecule has 0 atom stereocenters. The Balaban J connectivity index is 2.61. The van der Waals surface area contributed by atoms with Crippen molar-refractivity contribution in [1.82, 2.24) is 5.32 Å². The van der Waals surface area contributed by atoms with E-state index in [0.717, 1.165) is 48.2 Å². The number of hydrogen-bond donors (Lipinski definition) is 1. The normalized spacial score (nSPS) is 21.9. The van der Waals surface area contributed by atoms with Crippen LogP contribution in [0.3, 0.4) is 0 Å². The minimum atomic E-state index is -0.348. The Labute approximate surface area is 130 Å². The van der Waals surface area contributed by atoms with Crippen molar-refractivity contribution >= 4 is 31.9 Å². The average molecular weight is 385 g/mol. The molecule has 0 aromatic heterocycles. The predicted molar refractivity (Wildman–Crippen MR) is 81.5 cm³/mol. The third-order valence-corrected chi connectivity index (χ3v) is 5.18. The van der Waals surface area contributed by atoms with Crippen molar-refractivity contribution in [1.29, 1.82) is 10.5 Å². The highest BCUT2D eigenvalue weighted by Crippen LogP contribution is 2.51. The van der Waals surface area contributed by atoms with Gasteiger partial charge in [0.25, 0.3) is 0 Å². The van der Waals surface area contributed by atoms with E-state index < -0.39 is 0 Å². The monoisotopic (exact) mass is 383 g/mol. The number of halogens is 2. The van der Waals surface area contributed by atoms with E-state index in [9.17, 15) is 10.5 Å². The summed E-state index contributed by atoms with van der Waals surface area (Å²) in [6.07, 6.45) is 5.18. The second-order valence-electron chi connectivity index (χ2n) is 4.97. The van der Waals surface area contributed by atoms with E-state index in [2.05, 4.69) is 49.3 Å². The Bertz CT molecular complexity index is 474. The van der Waals surface area contributed by atoms with Crippen LogP contribution < -0.4 is 5.32 Å². The van der Waals surface area contributed by atoms with Crippen molar-refractivity contribution in [3.05, 3.63) is 22.5 Å². The fourth-order valence-electron chi connectivity index (χ4n) is 3.21. The molecule has 2 aliphatic rings. The zero-order valence-corrected chi connectivity index (χ0v) is 13.8. The van der Waals surface area contributed by atoms with Crippen LogP contribution in [0.15, 0.2) is 22.5 Å². The van der Waals surface area contributed by atoms with E-state index in [1.165, 1.54) is 6.42 Å². The van der Waals surface area contributed by atoms with Crippen molar-refractivity contribution in [3.8, 4) is 12.1 Å². The van der Waals surface area contributed by atoms with Gasteiger partial charge in [-0.15, -0.1) is 0 Å². The largest absolute Gasteiger partial charge is 0.359 e. The van der Waals surface area contributed by atoms with Crippen LogP contribution in [0.25, 0.3) is 0 Å². The highest BCUT2D eigenvalue weighted by molar-refractivity contribution is 9.09. The summed E-state index contributed by atoms with van der Waals surface area (Å²) in [6.45, 7) is 0. The molecule has 19 heavy (non-hydrogen) atoms. The van der Waals surface area contributed by atoms with E-state index in [-0.39, 0.29) is 5.41 Å². The number of nitrogens with one attached hydrogen (secondary N) is 1. The van der Waals surface area contributed by atoms with Crippen molar-refractivity contribution in [2.45, 2.75) is 32.1 Å². The molecule has 100 valence electrons. The van der Waals surface area contributed by atoms with Gasteiger partial charge in [-0.05, 0) is 12.8 Å². The topological polar surface area (TPSA) is 59.6 Å². The summed E-state index contributed by atoms with van der Waals surface area (Å²) in [5.41, 5.74) is 2.99. The van der Waals surface area contributed by atoms with Crippen molar-refractivity contribution in [3.63, 3.8) is 0 Å². The smallest absolute Gasteiger partial charge is 0.0975 e. The van der Waals surface area contributed by atoms with Gasteiger partial charge in [-0.2, -0.15) is 10.5 Å². The first-order chi connectivity index (χ1) is 9.23. The Morgan fingerprint density at radius 2 is 1.42 bits per heavy atom. The maximum absolute atomic E-state index is 9.57. The quantitative estimate of drug-likeness (QED) is 0.734. The summed E-state index contributed by atoms with van der Waals surface area (Å²) in [7, 11) is 0. The molecule has 0 radical (unpaired) electrons. The van der Waals surface area contributed by atoms with Gasteiger partial charge in [0.1, 0.15) is 0 Å². The van der Waals surface area contributed by atoms with Gasteiger partial charge in [0.2, 0.25) is 0 Å². The van der Waals surface area contributed by atoms with Gasteiger partial charge in [-0.3, -0.25) is 0 Å². The molecule has 1 spiro atoms. The van der Waals surface area contributed by atoms with Crippen LogP contribution in [0.4, 0.5) is 0 Å². The Morgan fingerprint density at radius 3 is 1.79 bits per heavy atom. The third kappa shape index (κ3) is 2.35. The molecule has 1 heterocycles. The van der Waals surface area contributed by atoms with E-state index >= 15 is 0 Å². The lowest BCUT2D eigenvalue weighted by Crippen LogP contribution is -2.38. The molecule has 0 aromatic carbocycles. The number of allylic oxidation sites excluding steroid dienone is 4. The summed E-state index contributed by atoms with van der Waals surface area (Å²) in [6, 6.07) is 4.72. The maximum Gasteiger partial charge on any atom is 0.0975 e. The number of nitrogens with zero attached hydrogens (tertiary/aromatic N) is 2. The van der Waals surface area contributed by atoms with E-state index in [1.807, 2.05) is 0 Å². The molecule has 1 saturated carbocycles. The van der Waals surface area contributed by atoms with Gasteiger partial charge < -0.3 is 5.32 Å². The maximum atomic E-state index is 9.57.